The van der Waals surface area contributed by atoms with Gasteiger partial charge >= 0.3 is 29.6 Å². The minimum absolute atomic E-state index is 0. The van der Waals surface area contributed by atoms with Crippen LogP contribution in [0.25, 0.3) is 0 Å². The standard InChI is InChI=1S/C33H50O9.Na/c1-16-7-12-33(39-15-16)17(2)24-23(42-33)14-22-20-6-5-18-13-19(8-10-31(18,3)21(20)9-11-32(22,24)4)40-30-27(36)25(34)26(35)28(41-30)29(37)38;/h5,16-17,19-28,30,34-36H,6-15H2,1-4H3,(H,37,38);/q;+1/p-1/t16-,17-,19-,20+,21-,22-,23-,24-,25-,26-,27+,28-,30+,31-,32-,33-;/m0./s1. The first-order valence-corrected chi connectivity index (χ1v) is 16.5. The molecule has 6 fully saturated rings. The molecule has 4 aliphatic carbocycles. The average Bonchev–Trinajstić information content (AvgIpc) is 3.40. The van der Waals surface area contributed by atoms with Crippen molar-refractivity contribution >= 4 is 5.97 Å². The van der Waals surface area contributed by atoms with Crippen molar-refractivity contribution in [2.45, 2.75) is 134 Å². The molecule has 3 heterocycles. The van der Waals surface area contributed by atoms with Gasteiger partial charge in [-0.05, 0) is 91.8 Å². The molecule has 7 rings (SSSR count). The van der Waals surface area contributed by atoms with Crippen LogP contribution >= 0.6 is 0 Å². The number of carbonyl (C=O) groups is 1. The third kappa shape index (κ3) is 4.97. The Morgan fingerprint density at radius 2 is 1.79 bits per heavy atom. The summed E-state index contributed by atoms with van der Waals surface area (Å²) in [6.07, 6.45) is 3.53. The first-order valence-electron chi connectivity index (χ1n) is 16.5. The van der Waals surface area contributed by atoms with Crippen molar-refractivity contribution in [3.63, 3.8) is 0 Å². The summed E-state index contributed by atoms with van der Waals surface area (Å²) in [4.78, 5) is 11.4. The van der Waals surface area contributed by atoms with Crippen molar-refractivity contribution in [1.82, 2.24) is 0 Å². The Balaban J connectivity index is 0.00000329. The monoisotopic (exact) mass is 612 g/mol. The van der Waals surface area contributed by atoms with Crippen LogP contribution in [-0.2, 0) is 23.7 Å². The van der Waals surface area contributed by atoms with Gasteiger partial charge in [-0.2, -0.15) is 0 Å². The van der Waals surface area contributed by atoms with Gasteiger partial charge in [0.25, 0.3) is 0 Å². The quantitative estimate of drug-likeness (QED) is 0.279. The summed E-state index contributed by atoms with van der Waals surface area (Å²) < 4.78 is 24.8. The molecule has 0 aromatic carbocycles. The first kappa shape index (κ1) is 32.9. The van der Waals surface area contributed by atoms with Gasteiger partial charge in [-0.3, -0.25) is 0 Å². The van der Waals surface area contributed by atoms with Gasteiger partial charge in [-0.15, -0.1) is 0 Å². The van der Waals surface area contributed by atoms with E-state index in [1.165, 1.54) is 24.8 Å². The minimum atomic E-state index is -1.78. The van der Waals surface area contributed by atoms with E-state index in [0.717, 1.165) is 38.7 Å². The van der Waals surface area contributed by atoms with Crippen LogP contribution in [0.2, 0.25) is 0 Å². The summed E-state index contributed by atoms with van der Waals surface area (Å²) in [5.41, 5.74) is 1.73. The van der Waals surface area contributed by atoms with Gasteiger partial charge in [0.05, 0.1) is 24.8 Å². The largest absolute Gasteiger partial charge is 1.00 e. The van der Waals surface area contributed by atoms with Gasteiger partial charge in [-0.1, -0.05) is 39.3 Å². The van der Waals surface area contributed by atoms with Crippen LogP contribution < -0.4 is 34.7 Å². The summed E-state index contributed by atoms with van der Waals surface area (Å²) in [6, 6.07) is 0. The van der Waals surface area contributed by atoms with E-state index < -0.39 is 36.7 Å². The van der Waals surface area contributed by atoms with Crippen LogP contribution in [0.15, 0.2) is 11.6 Å². The van der Waals surface area contributed by atoms with Crippen molar-refractivity contribution in [2.24, 2.45) is 46.3 Å². The SMILES string of the molecule is C[C@H]1CC[C@]2(OC1)O[C@H]1C[C@H]3[C@@H]4CC=C5C[C@@H](O[C@@H]6O[C@H](C(=O)[O-])[C@@H](O)[C@H](O)[C@H]6O)CC[C@]5(C)[C@H]4CC[C@]3(C)[C@H]1[C@@H]2C.[Na+]. The number of rotatable bonds is 3. The molecule has 16 atom stereocenters. The summed E-state index contributed by atoms with van der Waals surface area (Å²) in [5.74, 6) is 1.39. The topological polar surface area (TPSA) is 138 Å². The molecule has 0 unspecified atom stereocenters. The predicted octanol–water partition coefficient (Wildman–Crippen LogP) is -0.700. The number of hydrogen-bond acceptors (Lipinski definition) is 9. The molecule has 0 amide bonds. The van der Waals surface area contributed by atoms with Crippen LogP contribution in [0, 0.1) is 46.3 Å². The van der Waals surface area contributed by atoms with Gasteiger partial charge in [-0.25, -0.2) is 0 Å². The van der Waals surface area contributed by atoms with E-state index in [1.54, 1.807) is 0 Å². The fourth-order valence-electron chi connectivity index (χ4n) is 11.1. The van der Waals surface area contributed by atoms with E-state index in [-0.39, 0.29) is 58.4 Å². The Morgan fingerprint density at radius 1 is 1.02 bits per heavy atom. The number of fused-ring (bicyclic) bond motifs is 7. The molecule has 3 saturated carbocycles. The van der Waals surface area contributed by atoms with E-state index >= 15 is 0 Å². The number of hydrogen-bond donors (Lipinski definition) is 3. The molecular formula is C33H49NaO9. The zero-order valence-electron chi connectivity index (χ0n) is 26.4. The van der Waals surface area contributed by atoms with Crippen molar-refractivity contribution in [3.05, 3.63) is 11.6 Å². The van der Waals surface area contributed by atoms with Crippen molar-refractivity contribution in [2.75, 3.05) is 6.61 Å². The van der Waals surface area contributed by atoms with Gasteiger partial charge in [0.2, 0.25) is 0 Å². The maximum absolute atomic E-state index is 11.4. The number of aliphatic hydroxyl groups is 3. The Bertz CT molecular complexity index is 1110. The molecule has 0 aromatic heterocycles. The molecule has 9 nitrogen and oxygen atoms in total. The Kier molecular flexibility index (Phi) is 8.84. The number of allylic oxidation sites excluding steroid dienone is 1. The maximum atomic E-state index is 11.4. The molecule has 0 aromatic rings. The average molecular weight is 613 g/mol. The summed E-state index contributed by atoms with van der Waals surface area (Å²) in [6.45, 7) is 10.4. The second-order valence-corrected chi connectivity index (χ2v) is 15.5. The maximum Gasteiger partial charge on any atom is 1.00 e. The smallest absolute Gasteiger partial charge is 0.547 e. The number of aliphatic hydroxyl groups excluding tert-OH is 3. The second-order valence-electron chi connectivity index (χ2n) is 15.5. The number of aliphatic carboxylic acids is 1. The van der Waals surface area contributed by atoms with Gasteiger partial charge < -0.3 is 44.2 Å². The zero-order chi connectivity index (χ0) is 29.8. The fourth-order valence-corrected chi connectivity index (χ4v) is 11.1. The van der Waals surface area contributed by atoms with Crippen LogP contribution in [0.3, 0.4) is 0 Å². The predicted molar refractivity (Wildman–Crippen MR) is 148 cm³/mol. The molecule has 1 spiro atoms. The Hall–Kier alpha value is -0.0700. The van der Waals surface area contributed by atoms with E-state index in [2.05, 4.69) is 33.8 Å². The molecule has 3 aliphatic heterocycles. The zero-order valence-corrected chi connectivity index (χ0v) is 28.4. The van der Waals surface area contributed by atoms with Gasteiger partial charge in [0.1, 0.15) is 24.4 Å². The third-order valence-corrected chi connectivity index (χ3v) is 13.5. The first-order chi connectivity index (χ1) is 19.9. The molecule has 43 heavy (non-hydrogen) atoms. The molecule has 3 N–H and O–H groups in total. The summed E-state index contributed by atoms with van der Waals surface area (Å²) in [5, 5.41) is 42.1. The van der Waals surface area contributed by atoms with E-state index in [9.17, 15) is 25.2 Å². The van der Waals surface area contributed by atoms with Crippen LogP contribution in [-0.4, -0.2) is 76.6 Å². The van der Waals surface area contributed by atoms with Crippen LogP contribution in [0.5, 0.6) is 0 Å². The van der Waals surface area contributed by atoms with Gasteiger partial charge in [0, 0.05) is 12.3 Å². The summed E-state index contributed by atoms with van der Waals surface area (Å²) >= 11 is 0. The molecule has 236 valence electrons. The minimum Gasteiger partial charge on any atom is -0.547 e. The normalized spacial score (nSPS) is 55.8. The number of carbonyl (C=O) groups excluding carboxylic acids is 1. The fraction of sp³-hybridized carbons (Fsp3) is 0.909. The molecular weight excluding hydrogens is 563 g/mol. The summed E-state index contributed by atoms with van der Waals surface area (Å²) in [7, 11) is 0. The van der Waals surface area contributed by atoms with E-state index in [1.807, 2.05) is 0 Å². The molecule has 3 saturated heterocycles. The molecule has 0 bridgehead atoms. The molecule has 10 heteroatoms. The van der Waals surface area contributed by atoms with E-state index in [0.29, 0.717) is 41.9 Å². The van der Waals surface area contributed by atoms with Gasteiger partial charge in [0.15, 0.2) is 12.1 Å². The Morgan fingerprint density at radius 3 is 2.49 bits per heavy atom. The molecule has 0 radical (unpaired) electrons. The van der Waals surface area contributed by atoms with Crippen molar-refractivity contribution in [3.8, 4) is 0 Å². The van der Waals surface area contributed by atoms with Crippen molar-refractivity contribution in [1.29, 1.82) is 0 Å². The number of ether oxygens (including phenoxy) is 4. The second kappa shape index (κ2) is 11.6. The van der Waals surface area contributed by atoms with Crippen molar-refractivity contribution < 1.29 is 73.7 Å². The van der Waals surface area contributed by atoms with Crippen LogP contribution in [0.4, 0.5) is 0 Å². The molecule has 7 aliphatic rings. The van der Waals surface area contributed by atoms with Crippen LogP contribution in [0.1, 0.15) is 85.5 Å². The number of carboxylic acid groups (broad SMARTS) is 1. The number of carboxylic acids is 1. The third-order valence-electron chi connectivity index (χ3n) is 13.5. The van der Waals surface area contributed by atoms with E-state index in [4.69, 9.17) is 18.9 Å². The Labute approximate surface area is 277 Å².